The van der Waals surface area contributed by atoms with E-state index >= 15 is 0 Å². The third-order valence-electron chi connectivity index (χ3n) is 2.60. The number of aliphatic hydroxyl groups is 1. The number of hydrogen-bond acceptors (Lipinski definition) is 3. The summed E-state index contributed by atoms with van der Waals surface area (Å²) in [6.07, 6.45) is -1.58. The van der Waals surface area contributed by atoms with Crippen LogP contribution in [0.25, 0.3) is 0 Å². The van der Waals surface area contributed by atoms with Gasteiger partial charge in [-0.25, -0.2) is 0 Å². The van der Waals surface area contributed by atoms with Gasteiger partial charge in [0.1, 0.15) is 11.9 Å². The molecule has 96 valence electrons. The third-order valence-corrected chi connectivity index (χ3v) is 3.93. The van der Waals surface area contributed by atoms with Crippen LogP contribution in [0.4, 0.5) is 0 Å². The van der Waals surface area contributed by atoms with Gasteiger partial charge in [0.15, 0.2) is 0 Å². The van der Waals surface area contributed by atoms with Gasteiger partial charge in [0, 0.05) is 0 Å². The van der Waals surface area contributed by atoms with Gasteiger partial charge in [-0.15, -0.1) is 0 Å². The lowest BCUT2D eigenvalue weighted by Crippen LogP contribution is -2.27. The molecule has 5 N–H and O–H groups in total. The summed E-state index contributed by atoms with van der Waals surface area (Å²) in [6, 6.07) is 6.81. The topological polar surface area (TPSA) is 104 Å². The summed E-state index contributed by atoms with van der Waals surface area (Å²) in [7, 11) is -4.48. The molecule has 0 saturated heterocycles. The van der Waals surface area contributed by atoms with Gasteiger partial charge in [0.05, 0.1) is 0 Å². The maximum absolute atomic E-state index is 11.3. The molecule has 0 bridgehead atoms. The van der Waals surface area contributed by atoms with Crippen molar-refractivity contribution in [1.29, 1.82) is 0 Å². The van der Waals surface area contributed by atoms with E-state index in [4.69, 9.17) is 5.73 Å². The highest BCUT2D eigenvalue weighted by molar-refractivity contribution is 7.52. The van der Waals surface area contributed by atoms with Crippen molar-refractivity contribution < 1.29 is 19.5 Å². The molecule has 0 saturated carbocycles. The molecular formula is C11H18NO4P. The van der Waals surface area contributed by atoms with E-state index in [9.17, 15) is 19.5 Å². The molecule has 1 aromatic carbocycles. The lowest BCUT2D eigenvalue weighted by molar-refractivity contribution is 0.163. The Kier molecular flexibility index (Phi) is 4.47. The predicted octanol–water partition coefficient (Wildman–Crippen LogP) is 1.31. The summed E-state index contributed by atoms with van der Waals surface area (Å²) in [5.41, 5.74) is 5.18. The highest BCUT2D eigenvalue weighted by atomic mass is 31.2. The normalized spacial score (nSPS) is 15.9. The van der Waals surface area contributed by atoms with Gasteiger partial charge in [0.2, 0.25) is 0 Å². The maximum atomic E-state index is 11.3. The molecule has 0 aliphatic carbocycles. The van der Waals surface area contributed by atoms with E-state index in [0.29, 0.717) is 5.56 Å². The van der Waals surface area contributed by atoms with Crippen molar-refractivity contribution >= 4 is 7.60 Å². The van der Waals surface area contributed by atoms with Gasteiger partial charge >= 0.3 is 7.60 Å². The zero-order valence-corrected chi connectivity index (χ0v) is 10.7. The zero-order chi connectivity index (χ0) is 13.2. The average molecular weight is 259 g/mol. The van der Waals surface area contributed by atoms with Crippen molar-refractivity contribution in [2.75, 3.05) is 0 Å². The average Bonchev–Trinajstić information content (AvgIpc) is 2.15. The lowest BCUT2D eigenvalue weighted by atomic mass is 9.99. The Labute approximate surface area is 100 Å². The molecule has 0 aliphatic rings. The quantitative estimate of drug-likeness (QED) is 0.482. The van der Waals surface area contributed by atoms with Gasteiger partial charge < -0.3 is 20.6 Å². The maximum Gasteiger partial charge on any atom is 0.336 e. The van der Waals surface area contributed by atoms with Gasteiger partial charge in [-0.2, -0.15) is 0 Å². The van der Waals surface area contributed by atoms with Crippen molar-refractivity contribution in [1.82, 2.24) is 0 Å². The minimum atomic E-state index is -4.48. The van der Waals surface area contributed by atoms with Crippen LogP contribution in [0, 0.1) is 0 Å². The third kappa shape index (κ3) is 3.63. The predicted molar refractivity (Wildman–Crippen MR) is 65.5 cm³/mol. The highest BCUT2D eigenvalue weighted by Crippen LogP contribution is 2.52. The van der Waals surface area contributed by atoms with Crippen LogP contribution in [0.1, 0.15) is 36.6 Å². The lowest BCUT2D eigenvalue weighted by Gasteiger charge is -2.22. The molecule has 6 heteroatoms. The summed E-state index contributed by atoms with van der Waals surface area (Å²) in [6.45, 7) is 3.95. The van der Waals surface area contributed by atoms with Crippen LogP contribution in [0.15, 0.2) is 24.3 Å². The van der Waals surface area contributed by atoms with Crippen molar-refractivity contribution in [2.24, 2.45) is 5.73 Å². The summed E-state index contributed by atoms with van der Waals surface area (Å²) in [4.78, 5) is 18.4. The molecule has 2 unspecified atom stereocenters. The number of nitrogens with two attached hydrogens (primary N) is 1. The first-order valence-electron chi connectivity index (χ1n) is 5.32. The Morgan fingerprint density at radius 3 is 2.18 bits per heavy atom. The minimum absolute atomic E-state index is 0.238. The molecule has 17 heavy (non-hydrogen) atoms. The van der Waals surface area contributed by atoms with Crippen LogP contribution in [0.3, 0.4) is 0 Å². The van der Waals surface area contributed by atoms with Gasteiger partial charge in [0.25, 0.3) is 0 Å². The second kappa shape index (κ2) is 5.29. The molecule has 0 amide bonds. The SMILES string of the molecule is CC(C)c1cccc(C(C(N)O)P(=O)(O)O)c1. The summed E-state index contributed by atoms with van der Waals surface area (Å²) in [5.74, 6) is 0.238. The van der Waals surface area contributed by atoms with Gasteiger partial charge in [-0.3, -0.25) is 4.57 Å². The molecule has 0 spiro atoms. The molecule has 0 aliphatic heterocycles. The van der Waals surface area contributed by atoms with Crippen molar-refractivity contribution in [3.63, 3.8) is 0 Å². The van der Waals surface area contributed by atoms with Crippen molar-refractivity contribution in [3.8, 4) is 0 Å². The standard InChI is InChI=1S/C11H18NO4P/c1-7(2)8-4-3-5-9(6-8)10(11(12)13)17(14,15)16/h3-7,10-11,13H,12H2,1-2H3,(H2,14,15,16). The van der Waals surface area contributed by atoms with Crippen LogP contribution in [-0.4, -0.2) is 21.1 Å². The Morgan fingerprint density at radius 1 is 1.24 bits per heavy atom. The van der Waals surface area contributed by atoms with Crippen LogP contribution >= 0.6 is 7.60 Å². The fourth-order valence-corrected chi connectivity index (χ4v) is 2.64. The Hall–Kier alpha value is -0.710. The Bertz CT molecular complexity index is 427. The van der Waals surface area contributed by atoms with Crippen molar-refractivity contribution in [2.45, 2.75) is 31.7 Å². The smallest absolute Gasteiger partial charge is 0.336 e. The molecule has 0 fully saturated rings. The van der Waals surface area contributed by atoms with Crippen LogP contribution in [0.2, 0.25) is 0 Å². The Morgan fingerprint density at radius 2 is 1.76 bits per heavy atom. The first-order valence-corrected chi connectivity index (χ1v) is 7.00. The van der Waals surface area contributed by atoms with E-state index in [0.717, 1.165) is 5.56 Å². The summed E-state index contributed by atoms with van der Waals surface area (Å²) in [5, 5.41) is 9.32. The van der Waals surface area contributed by atoms with E-state index in [-0.39, 0.29) is 5.92 Å². The molecule has 2 atom stereocenters. The molecule has 0 radical (unpaired) electrons. The molecule has 0 aromatic heterocycles. The van der Waals surface area contributed by atoms with E-state index in [2.05, 4.69) is 0 Å². The van der Waals surface area contributed by atoms with E-state index in [1.54, 1.807) is 18.2 Å². The zero-order valence-electron chi connectivity index (χ0n) is 9.82. The van der Waals surface area contributed by atoms with Crippen LogP contribution in [-0.2, 0) is 4.57 Å². The second-order valence-corrected chi connectivity index (χ2v) is 6.08. The molecular weight excluding hydrogens is 241 g/mol. The van der Waals surface area contributed by atoms with Crippen LogP contribution in [0.5, 0.6) is 0 Å². The second-order valence-electron chi connectivity index (χ2n) is 4.35. The first-order chi connectivity index (χ1) is 7.73. The monoisotopic (exact) mass is 259 g/mol. The minimum Gasteiger partial charge on any atom is -0.377 e. The first kappa shape index (κ1) is 14.4. The highest BCUT2D eigenvalue weighted by Gasteiger charge is 2.35. The van der Waals surface area contributed by atoms with E-state index in [1.807, 2.05) is 19.9 Å². The Balaban J connectivity index is 3.20. The molecule has 0 heterocycles. The number of rotatable bonds is 4. The number of benzene rings is 1. The molecule has 1 rings (SSSR count). The summed E-state index contributed by atoms with van der Waals surface area (Å²) >= 11 is 0. The number of aliphatic hydroxyl groups excluding tert-OH is 1. The molecule has 5 nitrogen and oxygen atoms in total. The molecule has 1 aromatic rings. The number of hydrogen-bond donors (Lipinski definition) is 4. The van der Waals surface area contributed by atoms with Crippen molar-refractivity contribution in [3.05, 3.63) is 35.4 Å². The largest absolute Gasteiger partial charge is 0.377 e. The van der Waals surface area contributed by atoms with Gasteiger partial charge in [-0.1, -0.05) is 38.1 Å². The fourth-order valence-electron chi connectivity index (χ4n) is 1.69. The summed E-state index contributed by atoms with van der Waals surface area (Å²) < 4.78 is 11.3. The van der Waals surface area contributed by atoms with Gasteiger partial charge in [-0.05, 0) is 17.0 Å². The van der Waals surface area contributed by atoms with E-state index < -0.39 is 19.5 Å². The van der Waals surface area contributed by atoms with Crippen LogP contribution < -0.4 is 5.73 Å². The fraction of sp³-hybridized carbons (Fsp3) is 0.455. The van der Waals surface area contributed by atoms with E-state index in [1.165, 1.54) is 0 Å².